The number of primary amides is 1. The van der Waals surface area contributed by atoms with Gasteiger partial charge in [0, 0.05) is 67.4 Å². The van der Waals surface area contributed by atoms with Gasteiger partial charge in [-0.25, -0.2) is 19.9 Å². The maximum atomic E-state index is 12.3. The predicted molar refractivity (Wildman–Crippen MR) is 217 cm³/mol. The third kappa shape index (κ3) is 7.13. The number of nitrogens with two attached hydrogens (primary N) is 1. The molecule has 288 valence electrons. The number of carbonyl (C=O) groups is 3. The van der Waals surface area contributed by atoms with E-state index in [-0.39, 0.29) is 11.8 Å². The normalized spacial score (nSPS) is 12.9. The highest BCUT2D eigenvalue weighted by atomic mass is 16.5. The average Bonchev–Trinajstić information content (AvgIpc) is 3.71. The zero-order chi connectivity index (χ0) is 40.5. The molecule has 2 aliphatic rings. The molecule has 15 nitrogen and oxygen atoms in total. The fourth-order valence-corrected chi connectivity index (χ4v) is 7.04. The number of nitrogens with one attached hydrogen (secondary N) is 2. The summed E-state index contributed by atoms with van der Waals surface area (Å²) in [4.78, 5) is 54.0. The van der Waals surface area contributed by atoms with Gasteiger partial charge in [-0.15, -0.1) is 0 Å². The van der Waals surface area contributed by atoms with Crippen LogP contribution in [0.1, 0.15) is 36.6 Å². The minimum Gasteiger partial charge on any atom is -0.439 e. The number of carbonyl (C=O) groups excluding carboxylic acids is 3. The standard InChI is InChI=1S/C22H17N5O3.C22H15N5O2/c23-20(28)13-4-7-15(8-5-13)30-18-9-6-14(12-25-18)21-26-17-3-1-2-16-19(17)27(21)11-10-24-22(16)29;23-12-14-4-7-16(8-5-14)29-19-9-6-15(13-25-19)21-26-18-3-1-2-17-20(18)27(21)11-10-24-22(17)28/h1-9,12H,10-11H2,(H2,23,28)(H,24,29);1-9,13H,10-11H2,(H,24,28). The molecule has 0 radical (unpaired) electrons. The van der Waals surface area contributed by atoms with Crippen LogP contribution in [0.4, 0.5) is 0 Å². The van der Waals surface area contributed by atoms with Gasteiger partial charge in [-0.2, -0.15) is 5.26 Å². The lowest BCUT2D eigenvalue weighted by molar-refractivity contribution is 0.0948. The smallest absolute Gasteiger partial charge is 0.253 e. The van der Waals surface area contributed by atoms with Crippen molar-refractivity contribution in [3.8, 4) is 52.1 Å². The summed E-state index contributed by atoms with van der Waals surface area (Å²) in [7, 11) is 0. The second-order valence-corrected chi connectivity index (χ2v) is 13.5. The Morgan fingerprint density at radius 2 is 1.12 bits per heavy atom. The highest BCUT2D eigenvalue weighted by Gasteiger charge is 2.23. The van der Waals surface area contributed by atoms with Crippen LogP contribution in [0.15, 0.2) is 122 Å². The predicted octanol–water partition coefficient (Wildman–Crippen LogP) is 6.24. The summed E-state index contributed by atoms with van der Waals surface area (Å²) in [5.41, 5.74) is 12.4. The van der Waals surface area contributed by atoms with E-state index in [4.69, 9.17) is 30.4 Å². The van der Waals surface area contributed by atoms with E-state index < -0.39 is 5.91 Å². The molecular formula is C44H32N10O5. The number of hydrogen-bond acceptors (Lipinski definition) is 10. The average molecular weight is 781 g/mol. The molecule has 8 aromatic rings. The van der Waals surface area contributed by atoms with Gasteiger partial charge in [-0.3, -0.25) is 14.4 Å². The Bertz CT molecular complexity index is 2950. The molecule has 10 rings (SSSR count). The van der Waals surface area contributed by atoms with Crippen LogP contribution in [0.5, 0.6) is 23.3 Å². The lowest BCUT2D eigenvalue weighted by atomic mass is 10.2. The van der Waals surface area contributed by atoms with Gasteiger partial charge < -0.3 is 35.0 Å². The molecule has 4 aromatic carbocycles. The minimum atomic E-state index is -0.490. The van der Waals surface area contributed by atoms with E-state index in [0.717, 1.165) is 44.8 Å². The Labute approximate surface area is 335 Å². The number of amides is 3. The van der Waals surface area contributed by atoms with Crippen molar-refractivity contribution in [3.63, 3.8) is 0 Å². The van der Waals surface area contributed by atoms with Crippen LogP contribution < -0.4 is 25.8 Å². The van der Waals surface area contributed by atoms with Crippen molar-refractivity contribution in [2.24, 2.45) is 5.73 Å². The van der Waals surface area contributed by atoms with Crippen LogP contribution in [0.2, 0.25) is 0 Å². The number of pyridine rings is 2. The fraction of sp³-hybridized carbons (Fsp3) is 0.0909. The molecule has 15 heteroatoms. The summed E-state index contributed by atoms with van der Waals surface area (Å²) in [5, 5.41) is 14.7. The lowest BCUT2D eigenvalue weighted by Gasteiger charge is -2.08. The molecule has 0 atom stereocenters. The summed E-state index contributed by atoms with van der Waals surface area (Å²) in [6, 6.07) is 33.9. The Kier molecular flexibility index (Phi) is 9.39. The van der Waals surface area contributed by atoms with Gasteiger partial charge in [0.2, 0.25) is 17.7 Å². The summed E-state index contributed by atoms with van der Waals surface area (Å²) < 4.78 is 15.6. The van der Waals surface area contributed by atoms with E-state index >= 15 is 0 Å². The first kappa shape index (κ1) is 36.3. The van der Waals surface area contributed by atoms with Crippen LogP contribution in [0, 0.1) is 11.3 Å². The SMILES string of the molecule is N#Cc1ccc(Oc2ccc(-c3nc4cccc5c4n3CCNC5=O)cn2)cc1.NC(=O)c1ccc(Oc2ccc(-c3nc4cccc5c4n3CCNC5=O)cn2)cc1. The molecule has 4 aromatic heterocycles. The van der Waals surface area contributed by atoms with E-state index in [1.54, 1.807) is 73.1 Å². The number of nitrogens with zero attached hydrogens (tertiary/aromatic N) is 7. The third-order valence-electron chi connectivity index (χ3n) is 9.82. The maximum Gasteiger partial charge on any atom is 0.253 e. The van der Waals surface area contributed by atoms with E-state index in [2.05, 4.69) is 31.2 Å². The first-order chi connectivity index (χ1) is 28.8. The van der Waals surface area contributed by atoms with Crippen molar-refractivity contribution in [1.82, 2.24) is 39.7 Å². The quantitative estimate of drug-likeness (QED) is 0.166. The molecule has 2 aliphatic heterocycles. The van der Waals surface area contributed by atoms with E-state index in [1.165, 1.54) is 0 Å². The van der Waals surface area contributed by atoms with Crippen molar-refractivity contribution in [2.45, 2.75) is 13.1 Å². The molecule has 6 heterocycles. The van der Waals surface area contributed by atoms with Gasteiger partial charge in [0.25, 0.3) is 11.8 Å². The van der Waals surface area contributed by atoms with Crippen LogP contribution in [0.25, 0.3) is 44.8 Å². The molecule has 0 saturated heterocycles. The first-order valence-electron chi connectivity index (χ1n) is 18.6. The second kappa shape index (κ2) is 15.3. The van der Waals surface area contributed by atoms with Gasteiger partial charge in [-0.1, -0.05) is 12.1 Å². The van der Waals surface area contributed by atoms with Gasteiger partial charge in [0.1, 0.15) is 23.1 Å². The molecule has 0 spiro atoms. The van der Waals surface area contributed by atoms with Crippen LogP contribution in [-0.2, 0) is 13.1 Å². The summed E-state index contributed by atoms with van der Waals surface area (Å²) in [5.74, 6) is 2.87. The van der Waals surface area contributed by atoms with Gasteiger partial charge in [0.15, 0.2) is 0 Å². The zero-order valence-corrected chi connectivity index (χ0v) is 31.1. The number of rotatable bonds is 7. The summed E-state index contributed by atoms with van der Waals surface area (Å²) in [6.07, 6.45) is 3.40. The number of imidazole rings is 2. The Morgan fingerprint density at radius 3 is 1.54 bits per heavy atom. The minimum absolute atomic E-state index is 0.0786. The molecule has 0 bridgehead atoms. The summed E-state index contributed by atoms with van der Waals surface area (Å²) >= 11 is 0. The topological polar surface area (TPSA) is 205 Å². The third-order valence-corrected chi connectivity index (χ3v) is 9.82. The van der Waals surface area contributed by atoms with Crippen molar-refractivity contribution >= 4 is 39.8 Å². The molecule has 3 amide bonds. The summed E-state index contributed by atoms with van der Waals surface area (Å²) in [6.45, 7) is 2.33. The Morgan fingerprint density at radius 1 is 0.644 bits per heavy atom. The van der Waals surface area contributed by atoms with Gasteiger partial charge in [0.05, 0.1) is 44.8 Å². The molecule has 0 saturated carbocycles. The molecule has 0 unspecified atom stereocenters. The van der Waals surface area contributed by atoms with Crippen molar-refractivity contribution in [2.75, 3.05) is 13.1 Å². The molecular weight excluding hydrogens is 749 g/mol. The number of hydrogen-bond donors (Lipinski definition) is 3. The first-order valence-corrected chi connectivity index (χ1v) is 18.6. The second-order valence-electron chi connectivity index (χ2n) is 13.5. The number of aromatic nitrogens is 6. The monoisotopic (exact) mass is 780 g/mol. The highest BCUT2D eigenvalue weighted by molar-refractivity contribution is 6.07. The Hall–Kier alpha value is -8.38. The molecule has 4 N–H and O–H groups in total. The van der Waals surface area contributed by atoms with Crippen molar-refractivity contribution in [1.29, 1.82) is 5.26 Å². The number of benzene rings is 4. The van der Waals surface area contributed by atoms with Crippen LogP contribution in [0.3, 0.4) is 0 Å². The molecule has 59 heavy (non-hydrogen) atoms. The van der Waals surface area contributed by atoms with Crippen LogP contribution in [-0.4, -0.2) is 59.9 Å². The Balaban J connectivity index is 0.000000152. The highest BCUT2D eigenvalue weighted by Crippen LogP contribution is 2.31. The van der Waals surface area contributed by atoms with Crippen molar-refractivity contribution < 1.29 is 23.9 Å². The van der Waals surface area contributed by atoms with E-state index in [0.29, 0.717) is 71.7 Å². The van der Waals surface area contributed by atoms with Crippen molar-refractivity contribution in [3.05, 3.63) is 144 Å². The van der Waals surface area contributed by atoms with Gasteiger partial charge >= 0.3 is 0 Å². The molecule has 0 aliphatic carbocycles. The lowest BCUT2D eigenvalue weighted by Crippen LogP contribution is -2.24. The number of para-hydroxylation sites is 2. The van der Waals surface area contributed by atoms with Gasteiger partial charge in [-0.05, 0) is 84.9 Å². The number of nitriles is 1. The largest absolute Gasteiger partial charge is 0.439 e. The fourth-order valence-electron chi connectivity index (χ4n) is 7.04. The maximum absolute atomic E-state index is 12.3. The molecule has 0 fully saturated rings. The van der Waals surface area contributed by atoms with E-state index in [1.807, 2.05) is 53.1 Å². The number of ether oxygens (including phenoxy) is 2. The zero-order valence-electron chi connectivity index (χ0n) is 31.1. The van der Waals surface area contributed by atoms with Crippen LogP contribution >= 0.6 is 0 Å². The van der Waals surface area contributed by atoms with E-state index in [9.17, 15) is 14.4 Å².